The second-order valence-electron chi connectivity index (χ2n) is 5.52. The maximum Gasteiger partial charge on any atom is 0.121 e. The number of methoxy groups -OCH3 is 1. The van der Waals surface area contributed by atoms with E-state index in [4.69, 9.17) is 14.8 Å². The van der Waals surface area contributed by atoms with Gasteiger partial charge in [0.25, 0.3) is 0 Å². The van der Waals surface area contributed by atoms with E-state index in [0.717, 1.165) is 33.6 Å². The number of pyridine rings is 1. The zero-order valence-electron chi connectivity index (χ0n) is 13.4. The number of rotatable bonds is 6. The summed E-state index contributed by atoms with van der Waals surface area (Å²) in [6, 6.07) is 17.5. The molecular weight excluding hydrogens is 304 g/mol. The van der Waals surface area contributed by atoms with Crippen molar-refractivity contribution >= 4 is 16.6 Å². The molecule has 3 rings (SSSR count). The average Bonchev–Trinajstić information content (AvgIpc) is 2.65. The van der Waals surface area contributed by atoms with Crippen molar-refractivity contribution < 1.29 is 14.9 Å². The molecule has 124 valence electrons. The van der Waals surface area contributed by atoms with Crippen molar-refractivity contribution in [3.63, 3.8) is 0 Å². The summed E-state index contributed by atoms with van der Waals surface area (Å²) in [7, 11) is 1.62. The first-order valence-corrected chi connectivity index (χ1v) is 7.78. The minimum Gasteiger partial charge on any atom is -0.497 e. The van der Waals surface area contributed by atoms with Gasteiger partial charge in [-0.2, -0.15) is 0 Å². The van der Waals surface area contributed by atoms with Gasteiger partial charge in [0.05, 0.1) is 31.0 Å². The van der Waals surface area contributed by atoms with Crippen molar-refractivity contribution in [1.29, 1.82) is 0 Å². The molecule has 24 heavy (non-hydrogen) atoms. The molecule has 5 heteroatoms. The van der Waals surface area contributed by atoms with Crippen molar-refractivity contribution in [3.8, 4) is 17.0 Å². The van der Waals surface area contributed by atoms with Gasteiger partial charge in [-0.25, -0.2) is 4.98 Å². The Morgan fingerprint density at radius 2 is 1.92 bits per heavy atom. The van der Waals surface area contributed by atoms with Crippen LogP contribution in [0.15, 0.2) is 54.6 Å². The van der Waals surface area contributed by atoms with Crippen molar-refractivity contribution in [2.24, 2.45) is 0 Å². The molecule has 0 aliphatic rings. The molecule has 0 bridgehead atoms. The molecule has 0 spiro atoms. The van der Waals surface area contributed by atoms with Gasteiger partial charge in [0, 0.05) is 29.2 Å². The molecule has 1 aromatic heterocycles. The Hall–Kier alpha value is -2.63. The lowest BCUT2D eigenvalue weighted by molar-refractivity contribution is 0.105. The Balaban J connectivity index is 2.09. The summed E-state index contributed by atoms with van der Waals surface area (Å²) < 4.78 is 5.29. The number of hydrogen-bond acceptors (Lipinski definition) is 5. The lowest BCUT2D eigenvalue weighted by atomic mass is 10.1. The van der Waals surface area contributed by atoms with Crippen LogP contribution in [0.5, 0.6) is 5.75 Å². The van der Waals surface area contributed by atoms with E-state index < -0.39 is 6.10 Å². The van der Waals surface area contributed by atoms with Crippen molar-refractivity contribution in [2.45, 2.75) is 6.10 Å². The van der Waals surface area contributed by atoms with Gasteiger partial charge in [-0.3, -0.25) is 0 Å². The number of benzene rings is 2. The lowest BCUT2D eigenvalue weighted by Gasteiger charge is -2.14. The smallest absolute Gasteiger partial charge is 0.121 e. The van der Waals surface area contributed by atoms with Crippen LogP contribution in [0.1, 0.15) is 0 Å². The van der Waals surface area contributed by atoms with Gasteiger partial charge < -0.3 is 20.3 Å². The van der Waals surface area contributed by atoms with Gasteiger partial charge in [0.15, 0.2) is 0 Å². The molecule has 0 radical (unpaired) electrons. The summed E-state index contributed by atoms with van der Waals surface area (Å²) in [6.45, 7) is -0.0226. The SMILES string of the molecule is COc1ccc2c(NCC(O)CO)cc(-c3ccccc3)nc2c1. The van der Waals surface area contributed by atoms with E-state index in [2.05, 4.69) is 5.32 Å². The van der Waals surface area contributed by atoms with Crippen LogP contribution in [-0.2, 0) is 0 Å². The van der Waals surface area contributed by atoms with Crippen LogP contribution >= 0.6 is 0 Å². The summed E-state index contributed by atoms with van der Waals surface area (Å²) in [6.07, 6.45) is -0.813. The van der Waals surface area contributed by atoms with E-state index in [1.54, 1.807) is 7.11 Å². The molecule has 3 N–H and O–H groups in total. The zero-order chi connectivity index (χ0) is 16.9. The van der Waals surface area contributed by atoms with Crippen LogP contribution in [-0.4, -0.2) is 41.6 Å². The molecule has 1 atom stereocenters. The van der Waals surface area contributed by atoms with Crippen molar-refractivity contribution in [3.05, 3.63) is 54.6 Å². The lowest BCUT2D eigenvalue weighted by Crippen LogP contribution is -2.23. The Kier molecular flexibility index (Phi) is 4.93. The van der Waals surface area contributed by atoms with E-state index in [1.807, 2.05) is 54.6 Å². The summed E-state index contributed by atoms with van der Waals surface area (Å²) >= 11 is 0. The molecule has 0 aliphatic carbocycles. The number of nitrogens with one attached hydrogen (secondary N) is 1. The fourth-order valence-corrected chi connectivity index (χ4v) is 2.53. The molecule has 0 aliphatic heterocycles. The van der Waals surface area contributed by atoms with E-state index in [-0.39, 0.29) is 13.2 Å². The predicted octanol–water partition coefficient (Wildman–Crippen LogP) is 2.68. The van der Waals surface area contributed by atoms with Crippen LogP contribution < -0.4 is 10.1 Å². The average molecular weight is 324 g/mol. The van der Waals surface area contributed by atoms with Crippen molar-refractivity contribution in [1.82, 2.24) is 4.98 Å². The number of hydrogen-bond donors (Lipinski definition) is 3. The molecule has 1 unspecified atom stereocenters. The van der Waals surface area contributed by atoms with Gasteiger partial charge in [-0.05, 0) is 18.2 Å². The molecule has 0 amide bonds. The molecule has 1 heterocycles. The van der Waals surface area contributed by atoms with Gasteiger partial charge in [0.2, 0.25) is 0 Å². The number of nitrogens with zero attached hydrogens (tertiary/aromatic N) is 1. The Labute approximate surface area is 140 Å². The standard InChI is InChI=1S/C19H20N2O3/c1-24-15-7-8-16-18(20-11-14(23)12-22)10-17(21-19(16)9-15)13-5-3-2-4-6-13/h2-10,14,22-23H,11-12H2,1H3,(H,20,21). The third kappa shape index (κ3) is 3.48. The Morgan fingerprint density at radius 3 is 2.62 bits per heavy atom. The van der Waals surface area contributed by atoms with Crippen LogP contribution in [0.25, 0.3) is 22.2 Å². The normalized spacial score (nSPS) is 12.1. The fourth-order valence-electron chi connectivity index (χ4n) is 2.53. The third-order valence-corrected chi connectivity index (χ3v) is 3.83. The molecule has 5 nitrogen and oxygen atoms in total. The molecule has 2 aromatic carbocycles. The maximum absolute atomic E-state index is 9.61. The van der Waals surface area contributed by atoms with E-state index >= 15 is 0 Å². The number of aromatic nitrogens is 1. The number of fused-ring (bicyclic) bond motifs is 1. The van der Waals surface area contributed by atoms with Crippen LogP contribution in [0, 0.1) is 0 Å². The number of ether oxygens (including phenoxy) is 1. The summed E-state index contributed by atoms with van der Waals surface area (Å²) in [5, 5.41) is 22.7. The van der Waals surface area contributed by atoms with Crippen LogP contribution in [0.2, 0.25) is 0 Å². The third-order valence-electron chi connectivity index (χ3n) is 3.83. The van der Waals surface area contributed by atoms with Gasteiger partial charge in [-0.15, -0.1) is 0 Å². The number of anilines is 1. The zero-order valence-corrected chi connectivity index (χ0v) is 13.4. The maximum atomic E-state index is 9.61. The highest BCUT2D eigenvalue weighted by Gasteiger charge is 2.10. The highest BCUT2D eigenvalue weighted by Crippen LogP contribution is 2.30. The van der Waals surface area contributed by atoms with Gasteiger partial charge >= 0.3 is 0 Å². The minimum atomic E-state index is -0.813. The fraction of sp³-hybridized carbons (Fsp3) is 0.211. The summed E-state index contributed by atoms with van der Waals surface area (Å²) in [4.78, 5) is 4.73. The Morgan fingerprint density at radius 1 is 1.12 bits per heavy atom. The van der Waals surface area contributed by atoms with E-state index in [1.165, 1.54) is 0 Å². The Bertz CT molecular complexity index is 821. The predicted molar refractivity (Wildman–Crippen MR) is 95.3 cm³/mol. The largest absolute Gasteiger partial charge is 0.497 e. The van der Waals surface area contributed by atoms with E-state index in [0.29, 0.717) is 0 Å². The molecule has 0 saturated heterocycles. The monoisotopic (exact) mass is 324 g/mol. The molecule has 0 saturated carbocycles. The second kappa shape index (κ2) is 7.29. The highest BCUT2D eigenvalue weighted by molar-refractivity contribution is 5.94. The first-order valence-electron chi connectivity index (χ1n) is 7.78. The minimum absolute atomic E-state index is 0.260. The topological polar surface area (TPSA) is 74.6 Å². The highest BCUT2D eigenvalue weighted by atomic mass is 16.5. The summed E-state index contributed by atoms with van der Waals surface area (Å²) in [5.41, 5.74) is 3.50. The van der Waals surface area contributed by atoms with E-state index in [9.17, 15) is 5.11 Å². The number of aliphatic hydroxyl groups is 2. The second-order valence-corrected chi connectivity index (χ2v) is 5.52. The van der Waals surface area contributed by atoms with Crippen LogP contribution in [0.3, 0.4) is 0 Å². The first-order chi connectivity index (χ1) is 11.7. The van der Waals surface area contributed by atoms with Crippen molar-refractivity contribution in [2.75, 3.05) is 25.6 Å². The van der Waals surface area contributed by atoms with Gasteiger partial charge in [-0.1, -0.05) is 30.3 Å². The van der Waals surface area contributed by atoms with Crippen LogP contribution in [0.4, 0.5) is 5.69 Å². The number of aliphatic hydroxyl groups excluding tert-OH is 2. The van der Waals surface area contributed by atoms with Gasteiger partial charge in [0.1, 0.15) is 5.75 Å². The molecule has 3 aromatic rings. The first kappa shape index (κ1) is 16.2. The summed E-state index contributed by atoms with van der Waals surface area (Å²) in [5.74, 6) is 0.738. The molecule has 0 fully saturated rings. The quantitative estimate of drug-likeness (QED) is 0.650. The molecular formula is C19H20N2O3.